The maximum Gasteiger partial charge on any atom is 0.229 e. The molecule has 1 amide bonds. The van der Waals surface area contributed by atoms with Crippen LogP contribution in [0.25, 0.3) is 0 Å². The first-order valence-electron chi connectivity index (χ1n) is 7.32. The van der Waals surface area contributed by atoms with Gasteiger partial charge in [-0.05, 0) is 47.2 Å². The molecule has 114 valence electrons. The molecule has 0 spiro atoms. The van der Waals surface area contributed by atoms with Gasteiger partial charge in [-0.25, -0.2) is 0 Å². The van der Waals surface area contributed by atoms with Gasteiger partial charge in [0, 0.05) is 18.6 Å². The molecule has 0 saturated carbocycles. The summed E-state index contributed by atoms with van der Waals surface area (Å²) in [6, 6.07) is 0.476. The number of carbonyl (C=O) groups excluding carboxylic acids is 1. The van der Waals surface area contributed by atoms with Gasteiger partial charge in [-0.3, -0.25) is 4.79 Å². The summed E-state index contributed by atoms with van der Waals surface area (Å²) in [5.41, 5.74) is -0.457. The van der Waals surface area contributed by atoms with Gasteiger partial charge in [-0.1, -0.05) is 27.7 Å². The van der Waals surface area contributed by atoms with E-state index < -0.39 is 0 Å². The molecule has 0 rings (SSSR count). The number of nitrogens with zero attached hydrogens (tertiary/aromatic N) is 2. The zero-order valence-electron chi connectivity index (χ0n) is 14.7. The molecule has 19 heavy (non-hydrogen) atoms. The molecule has 0 radical (unpaired) electrons. The molecule has 0 aromatic heterocycles. The van der Waals surface area contributed by atoms with Crippen molar-refractivity contribution in [2.45, 2.75) is 67.5 Å². The van der Waals surface area contributed by atoms with Gasteiger partial charge in [0.2, 0.25) is 5.91 Å². The van der Waals surface area contributed by atoms with Crippen molar-refractivity contribution in [3.05, 3.63) is 0 Å². The second-order valence-electron chi connectivity index (χ2n) is 7.65. The fourth-order valence-corrected chi connectivity index (χ4v) is 2.67. The standard InChI is InChI=1S/C16H34N2O/c1-12(2)18(13(3)4)14(19)16(7,8)15(5,6)11-17(9)10/h12-13H,11H2,1-10H3. The van der Waals surface area contributed by atoms with Crippen LogP contribution in [0.5, 0.6) is 0 Å². The lowest BCUT2D eigenvalue weighted by molar-refractivity contribution is -0.151. The first kappa shape index (κ1) is 18.4. The minimum atomic E-state index is -0.383. The highest BCUT2D eigenvalue weighted by molar-refractivity contribution is 5.83. The Bertz CT molecular complexity index is 296. The van der Waals surface area contributed by atoms with Crippen LogP contribution in [0.4, 0.5) is 0 Å². The summed E-state index contributed by atoms with van der Waals surface area (Å²) < 4.78 is 0. The predicted octanol–water partition coefficient (Wildman–Crippen LogP) is 3.25. The van der Waals surface area contributed by atoms with Crippen molar-refractivity contribution < 1.29 is 4.79 Å². The van der Waals surface area contributed by atoms with Crippen LogP contribution in [0.2, 0.25) is 0 Å². The molecule has 0 bridgehead atoms. The summed E-state index contributed by atoms with van der Waals surface area (Å²) in [7, 11) is 4.12. The van der Waals surface area contributed by atoms with E-state index in [1.807, 2.05) is 4.90 Å². The molecule has 0 unspecified atom stereocenters. The lowest BCUT2D eigenvalue weighted by Gasteiger charge is -2.46. The van der Waals surface area contributed by atoms with E-state index in [0.717, 1.165) is 6.54 Å². The molecule has 0 aliphatic heterocycles. The summed E-state index contributed by atoms with van der Waals surface area (Å²) in [5.74, 6) is 0.254. The zero-order valence-corrected chi connectivity index (χ0v) is 14.7. The molecular weight excluding hydrogens is 236 g/mol. The Morgan fingerprint density at radius 2 is 1.32 bits per heavy atom. The molecule has 0 aliphatic carbocycles. The maximum atomic E-state index is 13.0. The molecule has 0 fully saturated rings. The van der Waals surface area contributed by atoms with Crippen molar-refractivity contribution in [2.75, 3.05) is 20.6 Å². The van der Waals surface area contributed by atoms with Gasteiger partial charge in [0.25, 0.3) is 0 Å². The number of hydrogen-bond acceptors (Lipinski definition) is 2. The van der Waals surface area contributed by atoms with E-state index in [0.29, 0.717) is 0 Å². The molecule has 3 nitrogen and oxygen atoms in total. The zero-order chi connectivity index (χ0) is 15.6. The van der Waals surface area contributed by atoms with Crippen molar-refractivity contribution in [2.24, 2.45) is 10.8 Å². The monoisotopic (exact) mass is 270 g/mol. The van der Waals surface area contributed by atoms with Gasteiger partial charge >= 0.3 is 0 Å². The van der Waals surface area contributed by atoms with Crippen molar-refractivity contribution in [3.8, 4) is 0 Å². The number of carbonyl (C=O) groups is 1. The van der Waals surface area contributed by atoms with Crippen LogP contribution in [0, 0.1) is 10.8 Å². The molecular formula is C16H34N2O. The molecule has 0 aliphatic rings. The Morgan fingerprint density at radius 3 is 1.58 bits per heavy atom. The topological polar surface area (TPSA) is 23.6 Å². The third-order valence-corrected chi connectivity index (χ3v) is 4.29. The summed E-state index contributed by atoms with van der Waals surface area (Å²) in [4.78, 5) is 17.2. The van der Waals surface area contributed by atoms with Gasteiger partial charge < -0.3 is 9.80 Å². The summed E-state index contributed by atoms with van der Waals surface area (Å²) in [6.07, 6.45) is 0. The Labute approximate surface area is 120 Å². The van der Waals surface area contributed by atoms with Crippen molar-refractivity contribution in [1.29, 1.82) is 0 Å². The maximum absolute atomic E-state index is 13.0. The molecule has 0 aromatic carbocycles. The Kier molecular flexibility index (Phi) is 6.07. The normalized spacial score (nSPS) is 13.5. The molecule has 0 atom stereocenters. The largest absolute Gasteiger partial charge is 0.337 e. The first-order valence-corrected chi connectivity index (χ1v) is 7.32. The van der Waals surface area contributed by atoms with Crippen LogP contribution < -0.4 is 0 Å². The smallest absolute Gasteiger partial charge is 0.229 e. The Hall–Kier alpha value is -0.570. The quantitative estimate of drug-likeness (QED) is 0.740. The van der Waals surface area contributed by atoms with Gasteiger partial charge in [0.1, 0.15) is 0 Å². The van der Waals surface area contributed by atoms with Crippen LogP contribution in [0.3, 0.4) is 0 Å². The fourth-order valence-electron chi connectivity index (χ4n) is 2.67. The van der Waals surface area contributed by atoms with Crippen molar-refractivity contribution >= 4 is 5.91 Å². The SMILES string of the molecule is CC(C)N(C(=O)C(C)(C)C(C)(C)CN(C)C)C(C)C. The van der Waals surface area contributed by atoms with E-state index >= 15 is 0 Å². The third kappa shape index (κ3) is 4.20. The summed E-state index contributed by atoms with van der Waals surface area (Å²) in [5, 5.41) is 0. The van der Waals surface area contributed by atoms with E-state index in [-0.39, 0.29) is 28.8 Å². The Morgan fingerprint density at radius 1 is 0.947 bits per heavy atom. The van der Waals surface area contributed by atoms with Gasteiger partial charge in [-0.15, -0.1) is 0 Å². The van der Waals surface area contributed by atoms with E-state index in [1.54, 1.807) is 0 Å². The van der Waals surface area contributed by atoms with Crippen molar-refractivity contribution in [1.82, 2.24) is 9.80 Å². The molecule has 0 aromatic rings. The van der Waals surface area contributed by atoms with E-state index in [9.17, 15) is 4.79 Å². The van der Waals surface area contributed by atoms with Crippen LogP contribution in [0.15, 0.2) is 0 Å². The van der Waals surface area contributed by atoms with E-state index in [1.165, 1.54) is 0 Å². The van der Waals surface area contributed by atoms with Crippen LogP contribution in [-0.4, -0.2) is 48.4 Å². The second-order valence-corrected chi connectivity index (χ2v) is 7.65. The number of hydrogen-bond donors (Lipinski definition) is 0. The average Bonchev–Trinajstić information content (AvgIpc) is 2.13. The highest BCUT2D eigenvalue weighted by atomic mass is 16.2. The summed E-state index contributed by atoms with van der Waals surface area (Å²) >= 11 is 0. The summed E-state index contributed by atoms with van der Waals surface area (Å²) in [6.45, 7) is 17.8. The molecule has 0 heterocycles. The lowest BCUT2D eigenvalue weighted by Crippen LogP contribution is -2.55. The second kappa shape index (κ2) is 6.25. The number of rotatable bonds is 6. The predicted molar refractivity (Wildman–Crippen MR) is 83.2 cm³/mol. The lowest BCUT2D eigenvalue weighted by atomic mass is 9.66. The van der Waals surface area contributed by atoms with Crippen molar-refractivity contribution in [3.63, 3.8) is 0 Å². The molecule has 0 saturated heterocycles. The van der Waals surface area contributed by atoms with E-state index in [2.05, 4.69) is 74.4 Å². The minimum absolute atomic E-state index is 0.0738. The van der Waals surface area contributed by atoms with Crippen LogP contribution in [0.1, 0.15) is 55.4 Å². The van der Waals surface area contributed by atoms with Crippen LogP contribution in [-0.2, 0) is 4.79 Å². The first-order chi connectivity index (χ1) is 8.34. The molecule has 0 N–H and O–H groups in total. The number of amides is 1. The fraction of sp³-hybridized carbons (Fsp3) is 0.938. The highest BCUT2D eigenvalue weighted by Gasteiger charge is 2.46. The van der Waals surface area contributed by atoms with Crippen LogP contribution >= 0.6 is 0 Å². The minimum Gasteiger partial charge on any atom is -0.337 e. The third-order valence-electron chi connectivity index (χ3n) is 4.29. The molecule has 3 heteroatoms. The van der Waals surface area contributed by atoms with Gasteiger partial charge in [0.15, 0.2) is 0 Å². The Balaban J connectivity index is 5.33. The van der Waals surface area contributed by atoms with E-state index in [4.69, 9.17) is 0 Å². The highest BCUT2D eigenvalue weighted by Crippen LogP contribution is 2.41. The van der Waals surface area contributed by atoms with Gasteiger partial charge in [0.05, 0.1) is 5.41 Å². The van der Waals surface area contributed by atoms with Gasteiger partial charge in [-0.2, -0.15) is 0 Å². The average molecular weight is 270 g/mol.